The van der Waals surface area contributed by atoms with Gasteiger partial charge in [0.1, 0.15) is 6.33 Å². The summed E-state index contributed by atoms with van der Waals surface area (Å²) in [6.45, 7) is 3.94. The van der Waals surface area contributed by atoms with Crippen LogP contribution in [0.25, 0.3) is 11.5 Å². The van der Waals surface area contributed by atoms with Crippen molar-refractivity contribution in [1.29, 1.82) is 0 Å². The van der Waals surface area contributed by atoms with Crippen molar-refractivity contribution < 1.29 is 0 Å². The van der Waals surface area contributed by atoms with E-state index in [0.717, 1.165) is 20.6 Å². The fourth-order valence-corrected chi connectivity index (χ4v) is 3.87. The van der Waals surface area contributed by atoms with Gasteiger partial charge in [0.25, 0.3) is 0 Å². The zero-order valence-corrected chi connectivity index (χ0v) is 13.8. The second-order valence-corrected chi connectivity index (χ2v) is 7.01. The Kier molecular flexibility index (Phi) is 3.23. The standard InChI is InChI=1S/C12H11N9S2/c1-6-10(22-12-17-16-11(13)23-12)7(2)21(18-6)9-4-3-8-15-14-5-20(8)19-9/h3-5H,1-2H3,(H2,13,16). The van der Waals surface area contributed by atoms with E-state index < -0.39 is 0 Å². The van der Waals surface area contributed by atoms with Crippen LogP contribution < -0.4 is 5.73 Å². The Morgan fingerprint density at radius 1 is 1.13 bits per heavy atom. The highest BCUT2D eigenvalue weighted by Crippen LogP contribution is 2.35. The van der Waals surface area contributed by atoms with Crippen molar-refractivity contribution in [2.24, 2.45) is 0 Å². The maximum Gasteiger partial charge on any atom is 0.203 e. The molecule has 0 saturated carbocycles. The number of hydrogen-bond acceptors (Lipinski definition) is 9. The van der Waals surface area contributed by atoms with Crippen molar-refractivity contribution in [3.8, 4) is 5.82 Å². The number of aryl methyl sites for hydroxylation is 1. The molecule has 0 fully saturated rings. The van der Waals surface area contributed by atoms with Crippen LogP contribution in [-0.4, -0.2) is 39.8 Å². The van der Waals surface area contributed by atoms with E-state index in [1.54, 1.807) is 15.5 Å². The van der Waals surface area contributed by atoms with Crippen LogP contribution in [0.5, 0.6) is 0 Å². The minimum Gasteiger partial charge on any atom is -0.374 e. The summed E-state index contributed by atoms with van der Waals surface area (Å²) in [5, 5.41) is 25.2. The van der Waals surface area contributed by atoms with Gasteiger partial charge in [-0.15, -0.1) is 25.5 Å². The third kappa shape index (κ3) is 2.43. The number of nitrogens with zero attached hydrogens (tertiary/aromatic N) is 8. The van der Waals surface area contributed by atoms with E-state index in [2.05, 4.69) is 30.6 Å². The van der Waals surface area contributed by atoms with Gasteiger partial charge < -0.3 is 5.73 Å². The molecule has 0 bridgehead atoms. The average Bonchev–Trinajstić information content (AvgIpc) is 3.22. The SMILES string of the molecule is Cc1nn(-c2ccc3nncn3n2)c(C)c1Sc1nnc(N)s1. The summed E-state index contributed by atoms with van der Waals surface area (Å²) in [4.78, 5) is 1.02. The molecule has 4 aromatic heterocycles. The van der Waals surface area contributed by atoms with Crippen molar-refractivity contribution in [3.05, 3.63) is 29.8 Å². The van der Waals surface area contributed by atoms with Crippen LogP contribution in [0.15, 0.2) is 27.7 Å². The van der Waals surface area contributed by atoms with E-state index in [-0.39, 0.29) is 0 Å². The van der Waals surface area contributed by atoms with Gasteiger partial charge in [0.05, 0.1) is 16.3 Å². The Labute approximate surface area is 138 Å². The third-order valence-electron chi connectivity index (χ3n) is 3.20. The Morgan fingerprint density at radius 3 is 2.78 bits per heavy atom. The summed E-state index contributed by atoms with van der Waals surface area (Å²) in [6, 6.07) is 3.71. The number of rotatable bonds is 3. The molecule has 0 amide bonds. The number of aromatic nitrogens is 8. The zero-order valence-electron chi connectivity index (χ0n) is 12.2. The molecule has 23 heavy (non-hydrogen) atoms. The summed E-state index contributed by atoms with van der Waals surface area (Å²) >= 11 is 2.86. The monoisotopic (exact) mass is 345 g/mol. The van der Waals surface area contributed by atoms with E-state index in [1.807, 2.05) is 26.0 Å². The van der Waals surface area contributed by atoms with Crippen LogP contribution in [0.2, 0.25) is 0 Å². The van der Waals surface area contributed by atoms with E-state index in [4.69, 9.17) is 5.73 Å². The smallest absolute Gasteiger partial charge is 0.203 e. The topological polar surface area (TPSA) is 113 Å². The van der Waals surface area contributed by atoms with Gasteiger partial charge in [-0.25, -0.2) is 4.68 Å². The third-order valence-corrected chi connectivity index (χ3v) is 5.30. The Bertz CT molecular complexity index is 999. The van der Waals surface area contributed by atoms with E-state index in [9.17, 15) is 0 Å². The van der Waals surface area contributed by atoms with Crippen LogP contribution in [0.3, 0.4) is 0 Å². The molecule has 11 heteroatoms. The van der Waals surface area contributed by atoms with Crippen LogP contribution in [0, 0.1) is 13.8 Å². The highest BCUT2D eigenvalue weighted by Gasteiger charge is 2.17. The quantitative estimate of drug-likeness (QED) is 0.594. The maximum atomic E-state index is 5.63. The Morgan fingerprint density at radius 2 is 2.00 bits per heavy atom. The molecule has 0 unspecified atom stereocenters. The number of fused-ring (bicyclic) bond motifs is 1. The van der Waals surface area contributed by atoms with Crippen LogP contribution >= 0.6 is 23.1 Å². The molecule has 0 radical (unpaired) electrons. The van der Waals surface area contributed by atoms with Crippen LogP contribution in [0.1, 0.15) is 11.4 Å². The normalized spacial score (nSPS) is 11.4. The van der Waals surface area contributed by atoms with Crippen molar-refractivity contribution in [1.82, 2.24) is 39.8 Å². The lowest BCUT2D eigenvalue weighted by Gasteiger charge is -2.03. The van der Waals surface area contributed by atoms with Gasteiger partial charge >= 0.3 is 0 Å². The summed E-state index contributed by atoms with van der Waals surface area (Å²) in [5.74, 6) is 0.696. The van der Waals surface area contributed by atoms with Gasteiger partial charge in [-0.05, 0) is 26.0 Å². The highest BCUT2D eigenvalue weighted by atomic mass is 32.2. The molecule has 116 valence electrons. The minimum absolute atomic E-state index is 0.454. The first-order valence-corrected chi connectivity index (χ1v) is 8.25. The number of hydrogen-bond donors (Lipinski definition) is 1. The largest absolute Gasteiger partial charge is 0.374 e. The lowest BCUT2D eigenvalue weighted by molar-refractivity contribution is 0.764. The van der Waals surface area contributed by atoms with E-state index in [0.29, 0.717) is 16.6 Å². The molecule has 4 rings (SSSR count). The number of nitrogens with two attached hydrogens (primary N) is 1. The molecule has 0 aliphatic heterocycles. The van der Waals surface area contributed by atoms with Crippen molar-refractivity contribution >= 4 is 33.9 Å². The first-order valence-electron chi connectivity index (χ1n) is 6.62. The van der Waals surface area contributed by atoms with Gasteiger partial charge in [0, 0.05) is 0 Å². The molecule has 0 aromatic carbocycles. The predicted molar refractivity (Wildman–Crippen MR) is 85.8 cm³/mol. The molecule has 4 heterocycles. The van der Waals surface area contributed by atoms with Crippen LogP contribution in [-0.2, 0) is 0 Å². The minimum atomic E-state index is 0.454. The summed E-state index contributed by atoms with van der Waals surface area (Å²) in [6.07, 6.45) is 1.56. The molecule has 0 atom stereocenters. The van der Waals surface area contributed by atoms with Crippen molar-refractivity contribution in [2.45, 2.75) is 23.1 Å². The predicted octanol–water partition coefficient (Wildman–Crippen LogP) is 1.51. The van der Waals surface area contributed by atoms with Crippen molar-refractivity contribution in [3.63, 3.8) is 0 Å². The number of nitrogen functional groups attached to an aromatic ring is 1. The summed E-state index contributed by atoms with van der Waals surface area (Å²) < 4.78 is 4.20. The van der Waals surface area contributed by atoms with Gasteiger partial charge in [-0.1, -0.05) is 23.1 Å². The Hall–Kier alpha value is -2.53. The Balaban J connectivity index is 1.76. The van der Waals surface area contributed by atoms with Crippen molar-refractivity contribution in [2.75, 3.05) is 5.73 Å². The first-order chi connectivity index (χ1) is 11.1. The maximum absolute atomic E-state index is 5.63. The fourth-order valence-electron chi connectivity index (χ4n) is 2.18. The second-order valence-electron chi connectivity index (χ2n) is 4.75. The lowest BCUT2D eigenvalue weighted by Crippen LogP contribution is -2.05. The van der Waals surface area contributed by atoms with E-state index >= 15 is 0 Å². The molecule has 9 nitrogen and oxygen atoms in total. The summed E-state index contributed by atoms with van der Waals surface area (Å²) in [5.41, 5.74) is 8.19. The summed E-state index contributed by atoms with van der Waals surface area (Å²) in [7, 11) is 0. The fraction of sp³-hybridized carbons (Fsp3) is 0.167. The molecule has 0 spiro atoms. The molecular weight excluding hydrogens is 334 g/mol. The van der Waals surface area contributed by atoms with Gasteiger partial charge in [-0.2, -0.15) is 9.61 Å². The molecule has 2 N–H and O–H groups in total. The molecule has 4 aromatic rings. The molecule has 0 aliphatic rings. The van der Waals surface area contributed by atoms with E-state index in [1.165, 1.54) is 23.1 Å². The lowest BCUT2D eigenvalue weighted by atomic mass is 10.4. The number of anilines is 1. The van der Waals surface area contributed by atoms with Gasteiger partial charge in [0.15, 0.2) is 15.8 Å². The molecule has 0 aliphatic carbocycles. The highest BCUT2D eigenvalue weighted by molar-refractivity contribution is 8.01. The average molecular weight is 345 g/mol. The van der Waals surface area contributed by atoms with Gasteiger partial charge in [0.2, 0.25) is 5.13 Å². The van der Waals surface area contributed by atoms with Crippen LogP contribution in [0.4, 0.5) is 5.13 Å². The second kappa shape index (κ2) is 5.28. The molecular formula is C12H11N9S2. The van der Waals surface area contributed by atoms with Gasteiger partial charge in [-0.3, -0.25) is 0 Å². The first kappa shape index (κ1) is 14.1. The zero-order chi connectivity index (χ0) is 16.0. The molecule has 0 saturated heterocycles.